The highest BCUT2D eigenvalue weighted by Gasteiger charge is 2.31. The number of hydrogen-bond donors (Lipinski definition) is 12. The van der Waals surface area contributed by atoms with Gasteiger partial charge in [0.2, 0.25) is 17.7 Å². The molecule has 0 aliphatic carbocycles. The van der Waals surface area contributed by atoms with E-state index in [1.54, 1.807) is 13.8 Å². The van der Waals surface area contributed by atoms with Crippen LogP contribution < -0.4 is 53.2 Å². The molecule has 31 nitrogen and oxygen atoms in total. The van der Waals surface area contributed by atoms with Crippen LogP contribution in [0.1, 0.15) is 107 Å². The van der Waals surface area contributed by atoms with Crippen molar-refractivity contribution in [1.29, 1.82) is 0 Å². The zero-order valence-corrected chi connectivity index (χ0v) is 48.1. The highest BCUT2D eigenvalue weighted by molar-refractivity contribution is 7.13. The van der Waals surface area contributed by atoms with Gasteiger partial charge in [-0.1, -0.05) is 52.5 Å². The van der Waals surface area contributed by atoms with Crippen LogP contribution >= 0.6 is 34.0 Å². The molecule has 7 rings (SSSR count). The first-order valence-electron chi connectivity index (χ1n) is 24.8. The summed E-state index contributed by atoms with van der Waals surface area (Å²) in [6.45, 7) is 25.3. The maximum Gasteiger partial charge on any atom is 0.351 e. The number of aliphatic hydroxyl groups excluding tert-OH is 1. The van der Waals surface area contributed by atoms with Gasteiger partial charge in [0.25, 0.3) is 53.2 Å². The number of carbonyl (C=O) groups is 11. The van der Waals surface area contributed by atoms with Crippen molar-refractivity contribution < 1.29 is 71.8 Å². The molecular weight excluding hydrogens is 1200 g/mol. The number of carbonyl (C=O) groups excluding carboxylic acids is 10. The van der Waals surface area contributed by atoms with Crippen LogP contribution in [0.2, 0.25) is 0 Å². The van der Waals surface area contributed by atoms with Gasteiger partial charge in [-0.2, -0.15) is 0 Å². The predicted octanol–water partition coefficient (Wildman–Crippen LogP) is 1.79. The number of aliphatic carboxylic acids is 1. The standard InChI is InChI=1S/C53H48N16O15S3/c1-10-11-30-50-66-32(16-84-50)43(75)54-14-36-62-33(17-85-36)45(77)60-25(7)51-67-34(18-86-51)46(78)58-23(5)41(73)59-24(6)49-65-31(15-83-49)38-28(52-68-35(19-87-52)47(79)69-37(27(9)70)48(80)64-30)12-13-29(63-38)44(76)57-22(4)40(72)55-20(2)39(71)56-21(3)42(74)61-26(8)53(81)82/h11-13,15-19,25,27,37,70H,2-6,8,10,14H2,1,7,9H3,(H,54,75)(H,55,72)(H,56,71)(H,57,76)(H,58,78)(H,59,73)(H,60,77)(H,61,74)(H,64,80)(H,69,79)(H,81,82)/b30-11-. The number of allylic oxidation sites excluding steroid dienone is 1. The Morgan fingerprint density at radius 3 is 1.91 bits per heavy atom. The number of oxazole rings is 2. The molecule has 10 amide bonds. The van der Waals surface area contributed by atoms with Gasteiger partial charge in [0.1, 0.15) is 79.1 Å². The largest absolute Gasteiger partial charge is 0.477 e. The van der Waals surface area contributed by atoms with Gasteiger partial charge in [0.05, 0.1) is 47.2 Å². The van der Waals surface area contributed by atoms with E-state index in [1.807, 2.05) is 10.6 Å². The molecule has 6 aromatic rings. The quantitative estimate of drug-likeness (QED) is 0.0823. The fraction of sp³-hybridized carbons (Fsp3) is 0.151. The first-order valence-corrected chi connectivity index (χ1v) is 27.5. The molecule has 34 heteroatoms. The number of carboxylic acids is 1. The van der Waals surface area contributed by atoms with E-state index in [4.69, 9.17) is 13.9 Å². The molecule has 0 saturated carbocycles. The highest BCUT2D eigenvalue weighted by Crippen LogP contribution is 2.34. The summed E-state index contributed by atoms with van der Waals surface area (Å²) in [5.41, 5.74) is -4.68. The third-order valence-corrected chi connectivity index (χ3v) is 14.1. The van der Waals surface area contributed by atoms with Gasteiger partial charge in [0, 0.05) is 21.7 Å². The predicted molar refractivity (Wildman–Crippen MR) is 308 cm³/mol. The first-order chi connectivity index (χ1) is 41.2. The molecule has 1 aliphatic heterocycles. The normalized spacial score (nSPS) is 16.1. The number of hydrogen-bond acceptors (Lipinski definition) is 23. The molecule has 6 aromatic heterocycles. The summed E-state index contributed by atoms with van der Waals surface area (Å²) in [6, 6.07) is 0.147. The second kappa shape index (κ2) is 27.4. The molecule has 3 atom stereocenters. The number of nitrogens with zero attached hydrogens (tertiary/aromatic N) is 6. The summed E-state index contributed by atoms with van der Waals surface area (Å²) in [4.78, 5) is 170. The van der Waals surface area contributed by atoms with Crippen molar-refractivity contribution in [3.05, 3.63) is 165 Å². The number of amides is 10. The van der Waals surface area contributed by atoms with Crippen LogP contribution in [0.3, 0.4) is 0 Å². The minimum absolute atomic E-state index is 0.0174. The third-order valence-electron chi connectivity index (χ3n) is 11.4. The monoisotopic (exact) mass is 1240 g/mol. The first kappa shape index (κ1) is 63.4. The molecule has 1 aliphatic rings. The minimum atomic E-state index is -1.63. The van der Waals surface area contributed by atoms with E-state index < -0.39 is 117 Å². The van der Waals surface area contributed by atoms with Gasteiger partial charge < -0.3 is 72.2 Å². The van der Waals surface area contributed by atoms with Crippen molar-refractivity contribution in [2.45, 2.75) is 51.9 Å². The Morgan fingerprint density at radius 2 is 1.24 bits per heavy atom. The molecule has 12 N–H and O–H groups in total. The van der Waals surface area contributed by atoms with Gasteiger partial charge in [-0.25, -0.2) is 34.7 Å². The summed E-state index contributed by atoms with van der Waals surface area (Å²) in [5.74, 6) is -11.7. The van der Waals surface area contributed by atoms with Gasteiger partial charge in [-0.3, -0.25) is 47.9 Å². The summed E-state index contributed by atoms with van der Waals surface area (Å²) >= 11 is 3.00. The Morgan fingerprint density at radius 1 is 0.667 bits per heavy atom. The van der Waals surface area contributed by atoms with E-state index in [1.165, 1.54) is 41.3 Å². The van der Waals surface area contributed by atoms with Crippen LogP contribution in [0.5, 0.6) is 0 Å². The lowest BCUT2D eigenvalue weighted by molar-refractivity contribution is -0.134. The van der Waals surface area contributed by atoms with E-state index >= 15 is 0 Å². The molecule has 3 unspecified atom stereocenters. The maximum absolute atomic E-state index is 13.9. The van der Waals surface area contributed by atoms with Gasteiger partial charge in [-0.15, -0.1) is 34.0 Å². The van der Waals surface area contributed by atoms with Crippen molar-refractivity contribution in [3.63, 3.8) is 0 Å². The topological polar surface area (TPSA) is 452 Å². The molecular formula is C53H48N16O15S3. The Kier molecular flexibility index (Phi) is 20.0. The van der Waals surface area contributed by atoms with E-state index in [2.05, 4.69) is 112 Å². The molecule has 87 heavy (non-hydrogen) atoms. The molecule has 448 valence electrons. The van der Waals surface area contributed by atoms with Crippen LogP contribution in [0.25, 0.3) is 33.4 Å². The van der Waals surface area contributed by atoms with Gasteiger partial charge >= 0.3 is 5.97 Å². The van der Waals surface area contributed by atoms with Crippen molar-refractivity contribution in [2.24, 2.45) is 0 Å². The third kappa shape index (κ3) is 15.7. The SMILES string of the molecule is C=C(NC(=O)C(=C)NC(=O)C(=C)NC(=O)C(=C)NC(=O)c1ccc2c(n1)-c1coc(n1)C(=C)NC(=O)C(=C)NC(=O)c1csc(n1)C(C)NC(=O)c1csc(n1)CNC(=O)c1coc(n1)/C(=C/CC)NC(=O)C(C(C)O)NC(=O)c1csc-2n1)C(=O)O. The smallest absolute Gasteiger partial charge is 0.351 e. The zero-order chi connectivity index (χ0) is 63.6. The maximum atomic E-state index is 13.9. The second-order valence-corrected chi connectivity index (χ2v) is 20.6. The van der Waals surface area contributed by atoms with Crippen LogP contribution in [0.15, 0.2) is 124 Å². The Labute approximate surface area is 502 Å². The van der Waals surface area contributed by atoms with Gasteiger partial charge in [0.15, 0.2) is 5.69 Å². The molecule has 0 fully saturated rings. The van der Waals surface area contributed by atoms with Gasteiger partial charge in [-0.05, 0) is 32.4 Å². The number of aliphatic hydroxyl groups is 1. The Balaban J connectivity index is 1.16. The summed E-state index contributed by atoms with van der Waals surface area (Å²) in [5, 5.41) is 47.9. The molecule has 0 aromatic carbocycles. The van der Waals surface area contributed by atoms with E-state index in [0.29, 0.717) is 16.4 Å². The van der Waals surface area contributed by atoms with Crippen LogP contribution in [0.4, 0.5) is 0 Å². The number of pyridine rings is 1. The Hall–Kier alpha value is -11.2. The van der Waals surface area contributed by atoms with Crippen LogP contribution in [-0.4, -0.2) is 117 Å². The van der Waals surface area contributed by atoms with E-state index in [9.17, 15) is 57.8 Å². The van der Waals surface area contributed by atoms with Crippen LogP contribution in [-0.2, 0) is 35.3 Å². The average Bonchev–Trinajstić information content (AvgIpc) is 2.00. The lowest BCUT2D eigenvalue weighted by Crippen LogP contribution is -2.52. The number of aromatic nitrogens is 6. The van der Waals surface area contributed by atoms with Crippen molar-refractivity contribution in [2.75, 3.05) is 0 Å². The lowest BCUT2D eigenvalue weighted by atomic mass is 10.1. The second-order valence-electron chi connectivity index (χ2n) is 17.9. The average molecular weight is 1250 g/mol. The number of rotatable bonds is 11. The number of thiazole rings is 3. The van der Waals surface area contributed by atoms with Crippen LogP contribution in [0, 0.1) is 0 Å². The molecule has 0 radical (unpaired) electrons. The van der Waals surface area contributed by atoms with Crippen molar-refractivity contribution in [1.82, 2.24) is 83.1 Å². The minimum Gasteiger partial charge on any atom is -0.477 e. The van der Waals surface area contributed by atoms with Crippen molar-refractivity contribution in [3.8, 4) is 22.0 Å². The van der Waals surface area contributed by atoms with Crippen molar-refractivity contribution >= 4 is 110 Å². The molecule has 7 heterocycles. The molecule has 0 saturated heterocycles. The summed E-state index contributed by atoms with van der Waals surface area (Å²) in [6.07, 6.45) is 2.40. The molecule has 0 spiro atoms. The number of carboxylic acid groups (broad SMARTS) is 1. The zero-order valence-electron chi connectivity index (χ0n) is 45.6. The van der Waals surface area contributed by atoms with E-state index in [0.717, 1.165) is 46.5 Å². The summed E-state index contributed by atoms with van der Waals surface area (Å²) in [7, 11) is 0. The van der Waals surface area contributed by atoms with E-state index in [-0.39, 0.29) is 74.5 Å². The highest BCUT2D eigenvalue weighted by atomic mass is 32.1. The fourth-order valence-corrected chi connectivity index (χ4v) is 9.30. The summed E-state index contributed by atoms with van der Waals surface area (Å²) < 4.78 is 11.2. The Bertz CT molecular complexity index is 3970. The fourth-order valence-electron chi connectivity index (χ4n) is 6.96. The number of fused-ring (bicyclic) bond motifs is 13. The molecule has 10 bridgehead atoms. The lowest BCUT2D eigenvalue weighted by Gasteiger charge is -2.20. The number of nitrogens with one attached hydrogen (secondary N) is 10.